The van der Waals surface area contributed by atoms with E-state index in [-0.39, 0.29) is 5.54 Å². The van der Waals surface area contributed by atoms with Gasteiger partial charge in [-0.25, -0.2) is 0 Å². The van der Waals surface area contributed by atoms with Crippen LogP contribution >= 0.6 is 0 Å². The Kier molecular flexibility index (Phi) is 4.54. The summed E-state index contributed by atoms with van der Waals surface area (Å²) in [7, 11) is 3.99. The first-order valence-electron chi connectivity index (χ1n) is 6.61. The van der Waals surface area contributed by atoms with Gasteiger partial charge in [-0.3, -0.25) is 9.69 Å². The number of carbonyl (C=O) groups is 1. The van der Waals surface area contributed by atoms with Crippen molar-refractivity contribution in [2.45, 2.75) is 58.4 Å². The standard InChI is InChI=1S/C14H27NO/c1-6-11-7-9-12(10-8-11)13(16)14(2,3)15(4)5/h11-12H,6-10H2,1-5H3. The molecule has 2 nitrogen and oxygen atoms in total. The SMILES string of the molecule is CCC1CCC(C(=O)C(C)(C)N(C)C)CC1. The van der Waals surface area contributed by atoms with E-state index in [0.717, 1.165) is 18.8 Å². The van der Waals surface area contributed by atoms with Crippen LogP contribution in [-0.2, 0) is 4.79 Å². The number of hydrogen-bond acceptors (Lipinski definition) is 2. The van der Waals surface area contributed by atoms with Crippen molar-refractivity contribution in [2.24, 2.45) is 11.8 Å². The molecule has 0 bridgehead atoms. The Bertz CT molecular complexity index is 237. The number of Topliss-reactive ketones (excluding diaryl/α,β-unsaturated/α-hetero) is 1. The average molecular weight is 225 g/mol. The maximum absolute atomic E-state index is 12.4. The summed E-state index contributed by atoms with van der Waals surface area (Å²) >= 11 is 0. The van der Waals surface area contributed by atoms with Crippen LogP contribution < -0.4 is 0 Å². The molecule has 1 aliphatic carbocycles. The highest BCUT2D eigenvalue weighted by molar-refractivity contribution is 5.89. The van der Waals surface area contributed by atoms with Crippen molar-refractivity contribution in [2.75, 3.05) is 14.1 Å². The summed E-state index contributed by atoms with van der Waals surface area (Å²) in [5.41, 5.74) is -0.302. The van der Waals surface area contributed by atoms with Crippen LogP contribution in [0.1, 0.15) is 52.9 Å². The Balaban J connectivity index is 2.57. The lowest BCUT2D eigenvalue weighted by atomic mass is 9.75. The van der Waals surface area contributed by atoms with E-state index in [1.54, 1.807) is 0 Å². The molecular weight excluding hydrogens is 198 g/mol. The molecule has 1 saturated carbocycles. The molecule has 1 fully saturated rings. The highest BCUT2D eigenvalue weighted by atomic mass is 16.1. The fourth-order valence-electron chi connectivity index (χ4n) is 2.55. The summed E-state index contributed by atoms with van der Waals surface area (Å²) in [6.07, 6.45) is 5.98. The fourth-order valence-corrected chi connectivity index (χ4v) is 2.55. The third kappa shape index (κ3) is 2.85. The van der Waals surface area contributed by atoms with Crippen molar-refractivity contribution in [3.63, 3.8) is 0 Å². The summed E-state index contributed by atoms with van der Waals surface area (Å²) in [6, 6.07) is 0. The van der Waals surface area contributed by atoms with Gasteiger partial charge in [-0.1, -0.05) is 13.3 Å². The molecule has 0 unspecified atom stereocenters. The zero-order valence-electron chi connectivity index (χ0n) is 11.5. The molecule has 0 atom stereocenters. The van der Waals surface area contributed by atoms with Gasteiger partial charge in [-0.05, 0) is 59.5 Å². The lowest BCUT2D eigenvalue weighted by Crippen LogP contribution is -2.49. The van der Waals surface area contributed by atoms with Crippen molar-refractivity contribution in [1.82, 2.24) is 4.90 Å². The molecular formula is C14H27NO. The van der Waals surface area contributed by atoms with Crippen LogP contribution in [-0.4, -0.2) is 30.3 Å². The molecule has 0 radical (unpaired) electrons. The molecule has 0 aromatic carbocycles. The minimum absolute atomic E-state index is 0.302. The lowest BCUT2D eigenvalue weighted by molar-refractivity contribution is -0.133. The minimum atomic E-state index is -0.302. The number of ketones is 1. The van der Waals surface area contributed by atoms with Crippen molar-refractivity contribution >= 4 is 5.78 Å². The number of hydrogen-bond donors (Lipinski definition) is 0. The summed E-state index contributed by atoms with van der Waals surface area (Å²) in [6.45, 7) is 6.35. The molecule has 1 rings (SSSR count). The van der Waals surface area contributed by atoms with E-state index >= 15 is 0 Å². The molecule has 0 aromatic rings. The molecule has 94 valence electrons. The quantitative estimate of drug-likeness (QED) is 0.732. The number of likely N-dealkylation sites (N-methyl/N-ethyl adjacent to an activating group) is 1. The Hall–Kier alpha value is -0.370. The van der Waals surface area contributed by atoms with Crippen molar-refractivity contribution in [3.8, 4) is 0 Å². The number of nitrogens with zero attached hydrogens (tertiary/aromatic N) is 1. The summed E-state index contributed by atoms with van der Waals surface area (Å²) in [5.74, 6) is 1.61. The molecule has 2 heteroatoms. The lowest BCUT2D eigenvalue weighted by Gasteiger charge is -2.36. The van der Waals surface area contributed by atoms with E-state index in [1.807, 2.05) is 32.8 Å². The molecule has 0 heterocycles. The predicted octanol–water partition coefficient (Wildman–Crippen LogP) is 3.11. The topological polar surface area (TPSA) is 20.3 Å². The van der Waals surface area contributed by atoms with Crippen LogP contribution in [0, 0.1) is 11.8 Å². The molecule has 0 spiro atoms. The van der Waals surface area contributed by atoms with E-state index in [1.165, 1.54) is 19.3 Å². The Labute approximate surface area is 100 Å². The normalized spacial score (nSPS) is 27.1. The number of rotatable bonds is 4. The van der Waals surface area contributed by atoms with Gasteiger partial charge in [0.05, 0.1) is 5.54 Å². The third-order valence-corrected chi connectivity index (χ3v) is 4.52. The van der Waals surface area contributed by atoms with Gasteiger partial charge >= 0.3 is 0 Å². The fraction of sp³-hybridized carbons (Fsp3) is 0.929. The first-order valence-corrected chi connectivity index (χ1v) is 6.61. The highest BCUT2D eigenvalue weighted by Crippen LogP contribution is 2.33. The molecule has 0 N–H and O–H groups in total. The second-order valence-corrected chi connectivity index (χ2v) is 5.94. The third-order valence-electron chi connectivity index (χ3n) is 4.52. The van der Waals surface area contributed by atoms with Crippen LogP contribution in [0.5, 0.6) is 0 Å². The number of carbonyl (C=O) groups excluding carboxylic acids is 1. The van der Waals surface area contributed by atoms with Gasteiger partial charge in [0.15, 0.2) is 5.78 Å². The maximum atomic E-state index is 12.4. The molecule has 0 amide bonds. The van der Waals surface area contributed by atoms with Crippen molar-refractivity contribution < 1.29 is 4.79 Å². The molecule has 0 saturated heterocycles. The summed E-state index contributed by atoms with van der Waals surface area (Å²) in [4.78, 5) is 14.5. The molecule has 0 aliphatic heterocycles. The summed E-state index contributed by atoms with van der Waals surface area (Å²) < 4.78 is 0. The van der Waals surface area contributed by atoms with Gasteiger partial charge in [0.25, 0.3) is 0 Å². The Morgan fingerprint density at radius 1 is 1.19 bits per heavy atom. The molecule has 0 aromatic heterocycles. The van der Waals surface area contributed by atoms with E-state index < -0.39 is 0 Å². The van der Waals surface area contributed by atoms with Gasteiger partial charge in [-0.2, -0.15) is 0 Å². The van der Waals surface area contributed by atoms with Gasteiger partial charge < -0.3 is 0 Å². The van der Waals surface area contributed by atoms with E-state index in [0.29, 0.717) is 11.7 Å². The zero-order chi connectivity index (χ0) is 12.3. The predicted molar refractivity (Wildman–Crippen MR) is 68.5 cm³/mol. The second kappa shape index (κ2) is 5.31. The summed E-state index contributed by atoms with van der Waals surface area (Å²) in [5, 5.41) is 0. The van der Waals surface area contributed by atoms with Gasteiger partial charge in [0.1, 0.15) is 0 Å². The van der Waals surface area contributed by atoms with Crippen LogP contribution in [0.2, 0.25) is 0 Å². The smallest absolute Gasteiger partial charge is 0.155 e. The first-order chi connectivity index (χ1) is 7.39. The van der Waals surface area contributed by atoms with E-state index in [4.69, 9.17) is 0 Å². The molecule has 1 aliphatic rings. The maximum Gasteiger partial charge on any atom is 0.155 e. The van der Waals surface area contributed by atoms with Crippen molar-refractivity contribution in [1.29, 1.82) is 0 Å². The van der Waals surface area contributed by atoms with Gasteiger partial charge in [-0.15, -0.1) is 0 Å². The first kappa shape index (κ1) is 13.7. The van der Waals surface area contributed by atoms with Gasteiger partial charge in [0, 0.05) is 5.92 Å². The largest absolute Gasteiger partial charge is 0.298 e. The van der Waals surface area contributed by atoms with Crippen LogP contribution in [0.15, 0.2) is 0 Å². The van der Waals surface area contributed by atoms with Crippen LogP contribution in [0.4, 0.5) is 0 Å². The van der Waals surface area contributed by atoms with Crippen LogP contribution in [0.3, 0.4) is 0 Å². The second-order valence-electron chi connectivity index (χ2n) is 5.94. The van der Waals surface area contributed by atoms with E-state index in [9.17, 15) is 4.79 Å². The average Bonchev–Trinajstić information content (AvgIpc) is 2.28. The monoisotopic (exact) mass is 225 g/mol. The molecule has 16 heavy (non-hydrogen) atoms. The zero-order valence-corrected chi connectivity index (χ0v) is 11.5. The Morgan fingerprint density at radius 3 is 2.06 bits per heavy atom. The minimum Gasteiger partial charge on any atom is -0.298 e. The van der Waals surface area contributed by atoms with E-state index in [2.05, 4.69) is 6.92 Å². The Morgan fingerprint density at radius 2 is 1.69 bits per heavy atom. The van der Waals surface area contributed by atoms with Crippen molar-refractivity contribution in [3.05, 3.63) is 0 Å². The van der Waals surface area contributed by atoms with Gasteiger partial charge in [0.2, 0.25) is 0 Å². The highest BCUT2D eigenvalue weighted by Gasteiger charge is 2.36. The van der Waals surface area contributed by atoms with Crippen LogP contribution in [0.25, 0.3) is 0 Å².